The van der Waals surface area contributed by atoms with Crippen LogP contribution in [0.1, 0.15) is 35.7 Å². The lowest BCUT2D eigenvalue weighted by Gasteiger charge is -2.10. The summed E-state index contributed by atoms with van der Waals surface area (Å²) in [4.78, 5) is 12.6. The van der Waals surface area contributed by atoms with Crippen molar-refractivity contribution in [3.8, 4) is 0 Å². The van der Waals surface area contributed by atoms with Gasteiger partial charge in [0.15, 0.2) is 5.82 Å². The number of para-hydroxylation sites is 1. The standard InChI is InChI=1S/C19H21N5O/c1-12(2)13-8-10-15(11-9-13)22-19(25)16-17(20)23-24-18(16)21-14-6-4-3-5-7-14/h3-12H,1-2H3,(H,22,25)(H4,20,21,23,24). The second-order valence-corrected chi connectivity index (χ2v) is 6.08. The number of nitrogens with one attached hydrogen (secondary N) is 3. The van der Waals surface area contributed by atoms with E-state index in [-0.39, 0.29) is 17.3 Å². The van der Waals surface area contributed by atoms with Crippen molar-refractivity contribution in [1.29, 1.82) is 0 Å². The lowest BCUT2D eigenvalue weighted by molar-refractivity contribution is 0.102. The molecule has 3 rings (SSSR count). The molecule has 0 spiro atoms. The van der Waals surface area contributed by atoms with Crippen molar-refractivity contribution in [2.75, 3.05) is 16.4 Å². The average Bonchev–Trinajstić information content (AvgIpc) is 2.96. The monoisotopic (exact) mass is 335 g/mol. The number of carbonyl (C=O) groups is 1. The van der Waals surface area contributed by atoms with Gasteiger partial charge in [0.25, 0.3) is 5.91 Å². The molecule has 1 aromatic heterocycles. The van der Waals surface area contributed by atoms with Crippen molar-refractivity contribution in [2.45, 2.75) is 19.8 Å². The SMILES string of the molecule is CC(C)c1ccc(NC(=O)c2c(Nc3ccccc3)n[nH]c2N)cc1. The average molecular weight is 335 g/mol. The largest absolute Gasteiger partial charge is 0.383 e. The molecule has 1 heterocycles. The predicted molar refractivity (Wildman–Crippen MR) is 101 cm³/mol. The molecule has 0 atom stereocenters. The summed E-state index contributed by atoms with van der Waals surface area (Å²) < 4.78 is 0. The number of anilines is 4. The van der Waals surface area contributed by atoms with Crippen LogP contribution in [0.4, 0.5) is 23.0 Å². The van der Waals surface area contributed by atoms with E-state index in [1.54, 1.807) is 0 Å². The normalized spacial score (nSPS) is 10.7. The molecule has 128 valence electrons. The molecule has 0 bridgehead atoms. The number of hydrogen-bond acceptors (Lipinski definition) is 4. The number of H-pyrrole nitrogens is 1. The van der Waals surface area contributed by atoms with E-state index in [9.17, 15) is 4.79 Å². The van der Waals surface area contributed by atoms with E-state index in [4.69, 9.17) is 5.73 Å². The Morgan fingerprint density at radius 2 is 1.72 bits per heavy atom. The van der Waals surface area contributed by atoms with Crippen LogP contribution in [-0.2, 0) is 0 Å². The van der Waals surface area contributed by atoms with Gasteiger partial charge >= 0.3 is 0 Å². The van der Waals surface area contributed by atoms with Crippen molar-refractivity contribution >= 4 is 28.9 Å². The maximum absolute atomic E-state index is 12.6. The number of nitrogen functional groups attached to an aromatic ring is 1. The second-order valence-electron chi connectivity index (χ2n) is 6.08. The summed E-state index contributed by atoms with van der Waals surface area (Å²) >= 11 is 0. The molecule has 0 radical (unpaired) electrons. The summed E-state index contributed by atoms with van der Waals surface area (Å²) in [5.41, 5.74) is 8.93. The Bertz CT molecular complexity index is 853. The first-order valence-electron chi connectivity index (χ1n) is 8.12. The molecule has 3 aromatic rings. The molecule has 0 saturated carbocycles. The van der Waals surface area contributed by atoms with Crippen molar-refractivity contribution in [3.05, 3.63) is 65.7 Å². The van der Waals surface area contributed by atoms with Crippen LogP contribution in [0.2, 0.25) is 0 Å². The van der Waals surface area contributed by atoms with Gasteiger partial charge in [0, 0.05) is 11.4 Å². The second kappa shape index (κ2) is 7.09. The molecule has 0 aliphatic carbocycles. The van der Waals surface area contributed by atoms with Crippen molar-refractivity contribution < 1.29 is 4.79 Å². The molecule has 1 amide bonds. The number of aromatic nitrogens is 2. The number of hydrogen-bond donors (Lipinski definition) is 4. The number of rotatable bonds is 5. The van der Waals surface area contributed by atoms with Crippen LogP contribution in [0.15, 0.2) is 54.6 Å². The van der Waals surface area contributed by atoms with E-state index in [1.165, 1.54) is 5.56 Å². The highest BCUT2D eigenvalue weighted by Gasteiger charge is 2.19. The minimum atomic E-state index is -0.318. The fourth-order valence-electron chi connectivity index (χ4n) is 2.48. The number of aromatic amines is 1. The molecule has 6 heteroatoms. The highest BCUT2D eigenvalue weighted by molar-refractivity contribution is 6.11. The minimum absolute atomic E-state index is 0.217. The van der Waals surface area contributed by atoms with Gasteiger partial charge in [0.1, 0.15) is 11.4 Å². The molecular weight excluding hydrogens is 314 g/mol. The quantitative estimate of drug-likeness (QED) is 0.564. The van der Waals surface area contributed by atoms with Gasteiger partial charge in [-0.2, -0.15) is 5.10 Å². The Balaban J connectivity index is 1.79. The summed E-state index contributed by atoms with van der Waals surface area (Å²) in [5.74, 6) is 0.729. The van der Waals surface area contributed by atoms with E-state index in [2.05, 4.69) is 34.7 Å². The third kappa shape index (κ3) is 3.80. The van der Waals surface area contributed by atoms with Gasteiger partial charge < -0.3 is 16.4 Å². The Morgan fingerprint density at radius 1 is 1.04 bits per heavy atom. The first-order chi connectivity index (χ1) is 12.0. The molecule has 25 heavy (non-hydrogen) atoms. The van der Waals surface area contributed by atoms with Crippen LogP contribution < -0.4 is 16.4 Å². The zero-order valence-electron chi connectivity index (χ0n) is 14.2. The Kier molecular flexibility index (Phi) is 4.70. The van der Waals surface area contributed by atoms with Crippen molar-refractivity contribution in [2.24, 2.45) is 0 Å². The van der Waals surface area contributed by atoms with E-state index < -0.39 is 0 Å². The van der Waals surface area contributed by atoms with Gasteiger partial charge in [0.05, 0.1) is 0 Å². The molecule has 5 N–H and O–H groups in total. The van der Waals surface area contributed by atoms with Gasteiger partial charge in [-0.3, -0.25) is 9.89 Å². The zero-order valence-corrected chi connectivity index (χ0v) is 14.2. The first-order valence-corrected chi connectivity index (χ1v) is 8.12. The smallest absolute Gasteiger partial charge is 0.263 e. The van der Waals surface area contributed by atoms with E-state index in [0.29, 0.717) is 17.4 Å². The van der Waals surface area contributed by atoms with Gasteiger partial charge in [-0.15, -0.1) is 0 Å². The minimum Gasteiger partial charge on any atom is -0.383 e. The lowest BCUT2D eigenvalue weighted by Crippen LogP contribution is -2.14. The number of amides is 1. The first kappa shape index (κ1) is 16.6. The number of nitrogens with two attached hydrogens (primary N) is 1. The topological polar surface area (TPSA) is 95.8 Å². The third-order valence-electron chi connectivity index (χ3n) is 3.89. The summed E-state index contributed by atoms with van der Waals surface area (Å²) in [6.07, 6.45) is 0. The molecule has 0 saturated heterocycles. The highest BCUT2D eigenvalue weighted by atomic mass is 16.1. The van der Waals surface area contributed by atoms with Crippen molar-refractivity contribution in [1.82, 2.24) is 10.2 Å². The third-order valence-corrected chi connectivity index (χ3v) is 3.89. The summed E-state index contributed by atoms with van der Waals surface area (Å²) in [6, 6.07) is 17.3. The molecule has 2 aromatic carbocycles. The van der Waals surface area contributed by atoms with Crippen LogP contribution in [0, 0.1) is 0 Å². The van der Waals surface area contributed by atoms with Crippen LogP contribution in [0.25, 0.3) is 0 Å². The van der Waals surface area contributed by atoms with Crippen LogP contribution in [-0.4, -0.2) is 16.1 Å². The number of nitrogens with zero attached hydrogens (tertiary/aromatic N) is 1. The van der Waals surface area contributed by atoms with Crippen LogP contribution >= 0.6 is 0 Å². The molecule has 0 aliphatic heterocycles. The zero-order chi connectivity index (χ0) is 17.8. The van der Waals surface area contributed by atoms with Gasteiger partial charge in [0.2, 0.25) is 0 Å². The van der Waals surface area contributed by atoms with E-state index in [1.807, 2.05) is 54.6 Å². The maximum atomic E-state index is 12.6. The summed E-state index contributed by atoms with van der Waals surface area (Å²) in [7, 11) is 0. The lowest BCUT2D eigenvalue weighted by atomic mass is 10.0. The van der Waals surface area contributed by atoms with E-state index >= 15 is 0 Å². The Hall–Kier alpha value is -3.28. The summed E-state index contributed by atoms with van der Waals surface area (Å²) in [6.45, 7) is 4.25. The fourth-order valence-corrected chi connectivity index (χ4v) is 2.48. The van der Waals surface area contributed by atoms with Gasteiger partial charge in [-0.25, -0.2) is 0 Å². The maximum Gasteiger partial charge on any atom is 0.263 e. The Labute approximate surface area is 146 Å². The molecule has 0 unspecified atom stereocenters. The molecule has 0 fully saturated rings. The van der Waals surface area contributed by atoms with E-state index in [0.717, 1.165) is 5.69 Å². The molecule has 6 nitrogen and oxygen atoms in total. The summed E-state index contributed by atoms with van der Waals surface area (Å²) in [5, 5.41) is 12.7. The number of benzene rings is 2. The molecule has 0 aliphatic rings. The predicted octanol–water partition coefficient (Wildman–Crippen LogP) is 4.11. The Morgan fingerprint density at radius 3 is 2.36 bits per heavy atom. The van der Waals surface area contributed by atoms with Crippen LogP contribution in [0.5, 0.6) is 0 Å². The fraction of sp³-hybridized carbons (Fsp3) is 0.158. The van der Waals surface area contributed by atoms with Gasteiger partial charge in [-0.1, -0.05) is 44.2 Å². The van der Waals surface area contributed by atoms with Crippen molar-refractivity contribution in [3.63, 3.8) is 0 Å². The number of carbonyl (C=O) groups excluding carboxylic acids is 1. The van der Waals surface area contributed by atoms with Crippen LogP contribution in [0.3, 0.4) is 0 Å². The molecular formula is C19H21N5O. The van der Waals surface area contributed by atoms with Gasteiger partial charge in [-0.05, 0) is 35.7 Å². The highest BCUT2D eigenvalue weighted by Crippen LogP contribution is 2.24.